The van der Waals surface area contributed by atoms with Gasteiger partial charge in [0.15, 0.2) is 0 Å². The van der Waals surface area contributed by atoms with Gasteiger partial charge in [-0.25, -0.2) is 0 Å². The van der Waals surface area contributed by atoms with Crippen LogP contribution in [0.25, 0.3) is 0 Å². The summed E-state index contributed by atoms with van der Waals surface area (Å²) >= 11 is 0. The standard InChI is InChI=1S/C10H18O3/c1-3-13-10(12)9-5-4-8(11)6-7(9)2/h7-9,11H,3-6H2,1-2H3/t7-,8+,9+/m1/s1. The SMILES string of the molecule is CCOC(=O)[C@H]1CC[C@H](O)C[C@H]1C. The highest BCUT2D eigenvalue weighted by molar-refractivity contribution is 5.72. The van der Waals surface area contributed by atoms with Gasteiger partial charge < -0.3 is 9.84 Å². The molecular formula is C10H18O3. The number of aliphatic hydroxyl groups excluding tert-OH is 1. The van der Waals surface area contributed by atoms with Crippen LogP contribution in [0.4, 0.5) is 0 Å². The normalized spacial score (nSPS) is 34.2. The van der Waals surface area contributed by atoms with Crippen LogP contribution in [0.3, 0.4) is 0 Å². The van der Waals surface area contributed by atoms with Crippen LogP contribution < -0.4 is 0 Å². The first kappa shape index (κ1) is 10.5. The Hall–Kier alpha value is -0.570. The van der Waals surface area contributed by atoms with Gasteiger partial charge >= 0.3 is 5.97 Å². The van der Waals surface area contributed by atoms with Crippen LogP contribution in [-0.2, 0) is 9.53 Å². The minimum Gasteiger partial charge on any atom is -0.466 e. The lowest BCUT2D eigenvalue weighted by atomic mass is 9.79. The molecule has 0 aromatic rings. The second kappa shape index (κ2) is 4.61. The van der Waals surface area contributed by atoms with Crippen LogP contribution in [0.2, 0.25) is 0 Å². The van der Waals surface area contributed by atoms with Gasteiger partial charge in [0.1, 0.15) is 0 Å². The molecule has 0 aromatic carbocycles. The van der Waals surface area contributed by atoms with E-state index in [9.17, 15) is 9.90 Å². The Labute approximate surface area is 79.1 Å². The zero-order valence-corrected chi connectivity index (χ0v) is 8.32. The van der Waals surface area contributed by atoms with Crippen LogP contribution in [0.5, 0.6) is 0 Å². The van der Waals surface area contributed by atoms with Crippen molar-refractivity contribution < 1.29 is 14.6 Å². The zero-order chi connectivity index (χ0) is 9.84. The molecule has 0 radical (unpaired) electrons. The smallest absolute Gasteiger partial charge is 0.309 e. The molecular weight excluding hydrogens is 168 g/mol. The van der Waals surface area contributed by atoms with Crippen molar-refractivity contribution in [1.82, 2.24) is 0 Å². The number of esters is 1. The van der Waals surface area contributed by atoms with Gasteiger partial charge in [0, 0.05) is 0 Å². The first-order valence-electron chi connectivity index (χ1n) is 4.99. The fourth-order valence-electron chi connectivity index (χ4n) is 1.97. The molecule has 76 valence electrons. The lowest BCUT2D eigenvalue weighted by Gasteiger charge is -2.29. The van der Waals surface area contributed by atoms with Gasteiger partial charge in [0.25, 0.3) is 0 Å². The maximum absolute atomic E-state index is 11.4. The van der Waals surface area contributed by atoms with Crippen molar-refractivity contribution >= 4 is 5.97 Å². The predicted octanol–water partition coefficient (Wildman–Crippen LogP) is 1.35. The van der Waals surface area contributed by atoms with Gasteiger partial charge in [-0.3, -0.25) is 4.79 Å². The van der Waals surface area contributed by atoms with E-state index in [0.717, 1.165) is 19.3 Å². The van der Waals surface area contributed by atoms with Crippen LogP contribution in [0.1, 0.15) is 33.1 Å². The first-order chi connectivity index (χ1) is 6.15. The number of aliphatic hydroxyl groups is 1. The molecule has 0 aliphatic heterocycles. The molecule has 1 rings (SSSR count). The highest BCUT2D eigenvalue weighted by Crippen LogP contribution is 2.30. The predicted molar refractivity (Wildman–Crippen MR) is 49.1 cm³/mol. The second-order valence-electron chi connectivity index (χ2n) is 3.80. The van der Waals surface area contributed by atoms with Crippen molar-refractivity contribution in [3.63, 3.8) is 0 Å². The molecule has 13 heavy (non-hydrogen) atoms. The van der Waals surface area contributed by atoms with Gasteiger partial charge in [0.05, 0.1) is 18.6 Å². The maximum Gasteiger partial charge on any atom is 0.309 e. The number of hydrogen-bond acceptors (Lipinski definition) is 3. The van der Waals surface area contributed by atoms with Crippen molar-refractivity contribution in [3.05, 3.63) is 0 Å². The molecule has 1 N–H and O–H groups in total. The third-order valence-corrected chi connectivity index (χ3v) is 2.73. The van der Waals surface area contributed by atoms with Crippen LogP contribution in [-0.4, -0.2) is 23.8 Å². The van der Waals surface area contributed by atoms with E-state index in [1.807, 2.05) is 13.8 Å². The van der Waals surface area contributed by atoms with E-state index in [1.165, 1.54) is 0 Å². The van der Waals surface area contributed by atoms with Gasteiger partial charge in [-0.15, -0.1) is 0 Å². The Balaban J connectivity index is 2.45. The lowest BCUT2D eigenvalue weighted by Crippen LogP contribution is -2.32. The first-order valence-corrected chi connectivity index (χ1v) is 4.99. The molecule has 0 bridgehead atoms. The summed E-state index contributed by atoms with van der Waals surface area (Å²) in [5.74, 6) is 0.160. The molecule has 0 unspecified atom stereocenters. The summed E-state index contributed by atoms with van der Waals surface area (Å²) in [6.45, 7) is 4.27. The largest absolute Gasteiger partial charge is 0.466 e. The summed E-state index contributed by atoms with van der Waals surface area (Å²) in [6.07, 6.45) is 2.00. The molecule has 0 saturated heterocycles. The van der Waals surface area contributed by atoms with Gasteiger partial charge in [-0.1, -0.05) is 6.92 Å². The highest BCUT2D eigenvalue weighted by atomic mass is 16.5. The summed E-state index contributed by atoms with van der Waals surface area (Å²) in [6, 6.07) is 0. The fourth-order valence-corrected chi connectivity index (χ4v) is 1.97. The van der Waals surface area contributed by atoms with Crippen molar-refractivity contribution in [2.24, 2.45) is 11.8 Å². The van der Waals surface area contributed by atoms with E-state index in [2.05, 4.69) is 0 Å². The van der Waals surface area contributed by atoms with Crippen LogP contribution >= 0.6 is 0 Å². The molecule has 3 heteroatoms. The van der Waals surface area contributed by atoms with Crippen molar-refractivity contribution in [2.75, 3.05) is 6.61 Å². The Kier molecular flexibility index (Phi) is 3.72. The van der Waals surface area contributed by atoms with E-state index in [-0.39, 0.29) is 23.9 Å². The van der Waals surface area contributed by atoms with Crippen molar-refractivity contribution in [2.45, 2.75) is 39.2 Å². The number of hydrogen-bond donors (Lipinski definition) is 1. The van der Waals surface area contributed by atoms with E-state index in [0.29, 0.717) is 6.61 Å². The van der Waals surface area contributed by atoms with E-state index in [1.54, 1.807) is 0 Å². The van der Waals surface area contributed by atoms with E-state index in [4.69, 9.17) is 4.74 Å². The summed E-state index contributed by atoms with van der Waals surface area (Å²) in [7, 11) is 0. The average Bonchev–Trinajstić information content (AvgIpc) is 2.04. The molecule has 0 heterocycles. The molecule has 1 aliphatic rings. The minimum absolute atomic E-state index is 0.00310. The fraction of sp³-hybridized carbons (Fsp3) is 0.900. The number of ether oxygens (including phenoxy) is 1. The Morgan fingerprint density at radius 2 is 2.23 bits per heavy atom. The average molecular weight is 186 g/mol. The summed E-state index contributed by atoms with van der Waals surface area (Å²) in [4.78, 5) is 11.4. The summed E-state index contributed by atoms with van der Waals surface area (Å²) in [5, 5.41) is 9.36. The van der Waals surface area contributed by atoms with Gasteiger partial charge in [-0.2, -0.15) is 0 Å². The lowest BCUT2D eigenvalue weighted by molar-refractivity contribution is -0.152. The number of rotatable bonds is 2. The molecule has 0 aromatic heterocycles. The Morgan fingerprint density at radius 3 is 2.77 bits per heavy atom. The number of carbonyl (C=O) groups is 1. The van der Waals surface area contributed by atoms with Gasteiger partial charge in [0.2, 0.25) is 0 Å². The maximum atomic E-state index is 11.4. The highest BCUT2D eigenvalue weighted by Gasteiger charge is 2.32. The molecule has 0 amide bonds. The molecule has 1 fully saturated rings. The van der Waals surface area contributed by atoms with Crippen molar-refractivity contribution in [1.29, 1.82) is 0 Å². The van der Waals surface area contributed by atoms with Crippen LogP contribution in [0.15, 0.2) is 0 Å². The topological polar surface area (TPSA) is 46.5 Å². The minimum atomic E-state index is -0.222. The Morgan fingerprint density at radius 1 is 1.54 bits per heavy atom. The zero-order valence-electron chi connectivity index (χ0n) is 8.32. The third-order valence-electron chi connectivity index (χ3n) is 2.73. The van der Waals surface area contributed by atoms with Gasteiger partial charge in [-0.05, 0) is 32.1 Å². The molecule has 3 atom stereocenters. The van der Waals surface area contributed by atoms with E-state index < -0.39 is 0 Å². The second-order valence-corrected chi connectivity index (χ2v) is 3.80. The summed E-state index contributed by atoms with van der Waals surface area (Å²) in [5.41, 5.74) is 0. The molecule has 1 saturated carbocycles. The molecule has 3 nitrogen and oxygen atoms in total. The van der Waals surface area contributed by atoms with E-state index >= 15 is 0 Å². The third kappa shape index (κ3) is 2.69. The van der Waals surface area contributed by atoms with Crippen LogP contribution in [0, 0.1) is 11.8 Å². The quantitative estimate of drug-likeness (QED) is 0.662. The van der Waals surface area contributed by atoms with Crippen molar-refractivity contribution in [3.8, 4) is 0 Å². The monoisotopic (exact) mass is 186 g/mol. The molecule has 1 aliphatic carbocycles. The Bertz CT molecular complexity index is 179. The number of carbonyl (C=O) groups excluding carboxylic acids is 1. The summed E-state index contributed by atoms with van der Waals surface area (Å²) < 4.78 is 4.97. The molecule has 0 spiro atoms.